The lowest BCUT2D eigenvalue weighted by molar-refractivity contribution is -0.177. The Morgan fingerprint density at radius 3 is 2.42 bits per heavy atom. The fourth-order valence-corrected chi connectivity index (χ4v) is 9.37. The first kappa shape index (κ1) is 25.0. The third kappa shape index (κ3) is 3.85. The summed E-state index contributed by atoms with van der Waals surface area (Å²) < 4.78 is 0. The van der Waals surface area contributed by atoms with Crippen molar-refractivity contribution in [2.24, 2.45) is 45.8 Å². The summed E-state index contributed by atoms with van der Waals surface area (Å²) in [6.07, 6.45) is 11.5. The van der Waals surface area contributed by atoms with Gasteiger partial charge in [-0.05, 0) is 112 Å². The van der Waals surface area contributed by atoms with Crippen molar-refractivity contribution in [3.8, 4) is 0 Å². The fraction of sp³-hybridized carbons (Fsp3) is 0.833. The smallest absolute Gasteiger partial charge is 0.310 e. The average Bonchev–Trinajstić information content (AvgIpc) is 3.08. The summed E-state index contributed by atoms with van der Waals surface area (Å²) in [5, 5.41) is 21.3. The van der Waals surface area contributed by atoms with Gasteiger partial charge in [-0.1, -0.05) is 57.4 Å². The van der Waals surface area contributed by atoms with Gasteiger partial charge in [-0.2, -0.15) is 0 Å². The highest BCUT2D eigenvalue weighted by atomic mass is 16.4. The lowest BCUT2D eigenvalue weighted by Gasteiger charge is -2.65. The molecule has 0 heterocycles. The average molecular weight is 457 g/mol. The van der Waals surface area contributed by atoms with Gasteiger partial charge >= 0.3 is 5.97 Å². The molecule has 0 aromatic heterocycles. The van der Waals surface area contributed by atoms with E-state index in [1.165, 1.54) is 29.6 Å². The number of carboxylic acids is 1. The number of aliphatic carboxylic acids is 1. The van der Waals surface area contributed by atoms with Crippen LogP contribution in [0.1, 0.15) is 106 Å². The van der Waals surface area contributed by atoms with E-state index in [9.17, 15) is 15.0 Å². The summed E-state index contributed by atoms with van der Waals surface area (Å²) >= 11 is 0. The zero-order valence-corrected chi connectivity index (χ0v) is 22.2. The second kappa shape index (κ2) is 8.54. The van der Waals surface area contributed by atoms with Crippen LogP contribution in [0, 0.1) is 45.8 Å². The predicted octanol–water partition coefficient (Wildman–Crippen LogP) is 7.40. The van der Waals surface area contributed by atoms with Crippen LogP contribution in [0.2, 0.25) is 0 Å². The van der Waals surface area contributed by atoms with Gasteiger partial charge in [0.1, 0.15) is 0 Å². The van der Waals surface area contributed by atoms with Crippen LogP contribution in [0.25, 0.3) is 0 Å². The summed E-state index contributed by atoms with van der Waals surface area (Å²) in [7, 11) is 0. The van der Waals surface area contributed by atoms with Crippen LogP contribution in [-0.4, -0.2) is 22.3 Å². The minimum atomic E-state index is -0.605. The van der Waals surface area contributed by atoms with Gasteiger partial charge in [0.2, 0.25) is 0 Å². The van der Waals surface area contributed by atoms with Crippen LogP contribution in [0.3, 0.4) is 0 Å². The van der Waals surface area contributed by atoms with Crippen molar-refractivity contribution in [2.75, 3.05) is 0 Å². The molecule has 0 aliphatic heterocycles. The van der Waals surface area contributed by atoms with Crippen LogP contribution < -0.4 is 0 Å². The van der Waals surface area contributed by atoms with Crippen molar-refractivity contribution in [1.29, 1.82) is 0 Å². The molecule has 4 aliphatic carbocycles. The van der Waals surface area contributed by atoms with Crippen LogP contribution in [-0.2, 0) is 4.79 Å². The van der Waals surface area contributed by atoms with E-state index in [1.54, 1.807) is 0 Å². The number of rotatable bonds is 5. The SMILES string of the molecule is CC(C)=CCC[C@@H](C)C1=C2C(C(=O)O)C[C@H]3[C@@H](CCC4C(C)(C)C(O)CC[C@@]43C)[C@]2(C)CC1. The topological polar surface area (TPSA) is 57.5 Å². The molecule has 3 heteroatoms. The third-order valence-electron chi connectivity index (χ3n) is 11.2. The molecule has 3 unspecified atom stereocenters. The lowest BCUT2D eigenvalue weighted by Crippen LogP contribution is -2.60. The zero-order chi connectivity index (χ0) is 24.3. The first-order valence-corrected chi connectivity index (χ1v) is 13.6. The Morgan fingerprint density at radius 2 is 1.79 bits per heavy atom. The quantitative estimate of drug-likeness (QED) is 0.424. The highest BCUT2D eigenvalue weighted by Gasteiger charge is 2.64. The monoisotopic (exact) mass is 456 g/mol. The van der Waals surface area contributed by atoms with Gasteiger partial charge in [0.05, 0.1) is 12.0 Å². The number of hydrogen-bond acceptors (Lipinski definition) is 2. The summed E-state index contributed by atoms with van der Waals surface area (Å²) in [5.74, 6) is 1.03. The van der Waals surface area contributed by atoms with Crippen LogP contribution in [0.4, 0.5) is 0 Å². The number of carboxylic acid groups (broad SMARTS) is 1. The van der Waals surface area contributed by atoms with Gasteiger partial charge in [0, 0.05) is 0 Å². The van der Waals surface area contributed by atoms with E-state index in [1.807, 2.05) is 0 Å². The molecule has 0 bridgehead atoms. The van der Waals surface area contributed by atoms with Gasteiger partial charge in [-0.25, -0.2) is 0 Å². The largest absolute Gasteiger partial charge is 0.481 e. The number of fused-ring (bicyclic) bond motifs is 5. The normalized spacial score (nSPS) is 42.7. The molecule has 4 aliphatic rings. The van der Waals surface area contributed by atoms with E-state index in [0.717, 1.165) is 44.9 Å². The van der Waals surface area contributed by atoms with Crippen molar-refractivity contribution in [2.45, 2.75) is 112 Å². The Bertz CT molecular complexity index is 847. The molecular formula is C30H48O3. The van der Waals surface area contributed by atoms with E-state index in [0.29, 0.717) is 23.7 Å². The third-order valence-corrected chi connectivity index (χ3v) is 11.2. The number of hydrogen-bond donors (Lipinski definition) is 2. The Kier molecular flexibility index (Phi) is 6.47. The second-order valence-corrected chi connectivity index (χ2v) is 13.5. The molecule has 0 radical (unpaired) electrons. The van der Waals surface area contributed by atoms with Crippen LogP contribution in [0.5, 0.6) is 0 Å². The summed E-state index contributed by atoms with van der Waals surface area (Å²) in [4.78, 5) is 12.7. The molecule has 3 nitrogen and oxygen atoms in total. The van der Waals surface area contributed by atoms with Gasteiger partial charge in [0.15, 0.2) is 0 Å². The van der Waals surface area contributed by atoms with Gasteiger partial charge in [-0.15, -0.1) is 0 Å². The standard InChI is InChI=1S/C30H48O3/c1-18(2)9-8-10-19(3)20-13-15-30(7)22-11-12-24-28(4,5)25(31)14-16-29(24,6)23(22)17-21(26(20)30)27(32)33/h9,19,21-25,31H,8,10-17H2,1-7H3,(H,32,33)/t19-,21?,22-,23+,24?,25?,29-,30+/m1/s1. The first-order valence-electron chi connectivity index (χ1n) is 13.6. The highest BCUT2D eigenvalue weighted by molar-refractivity contribution is 5.75. The van der Waals surface area contributed by atoms with Crippen molar-refractivity contribution in [1.82, 2.24) is 0 Å². The zero-order valence-electron chi connectivity index (χ0n) is 22.2. The highest BCUT2D eigenvalue weighted by Crippen LogP contribution is 2.70. The number of aliphatic hydroxyl groups excluding tert-OH is 1. The maximum Gasteiger partial charge on any atom is 0.310 e. The van der Waals surface area contributed by atoms with Gasteiger partial charge in [-0.3, -0.25) is 4.79 Å². The van der Waals surface area contributed by atoms with Gasteiger partial charge < -0.3 is 10.2 Å². The minimum absolute atomic E-state index is 0.0280. The van der Waals surface area contributed by atoms with Crippen molar-refractivity contribution in [3.63, 3.8) is 0 Å². The van der Waals surface area contributed by atoms with Crippen LogP contribution in [0.15, 0.2) is 22.8 Å². The number of carbonyl (C=O) groups is 1. The number of aliphatic hydroxyl groups is 1. The van der Waals surface area contributed by atoms with Crippen molar-refractivity contribution < 1.29 is 15.0 Å². The van der Waals surface area contributed by atoms with Crippen LogP contribution >= 0.6 is 0 Å². The molecule has 3 fully saturated rings. The summed E-state index contributed by atoms with van der Waals surface area (Å²) in [6.45, 7) is 16.0. The molecular weight excluding hydrogens is 408 g/mol. The van der Waals surface area contributed by atoms with E-state index in [-0.39, 0.29) is 28.3 Å². The van der Waals surface area contributed by atoms with Crippen molar-refractivity contribution >= 4 is 5.97 Å². The second-order valence-electron chi connectivity index (χ2n) is 13.5. The van der Waals surface area contributed by atoms with Crippen molar-refractivity contribution in [3.05, 3.63) is 22.8 Å². The summed E-state index contributed by atoms with van der Waals surface area (Å²) in [6, 6.07) is 0. The van der Waals surface area contributed by atoms with E-state index >= 15 is 0 Å². The lowest BCUT2D eigenvalue weighted by atomic mass is 9.40. The van der Waals surface area contributed by atoms with Gasteiger partial charge in [0.25, 0.3) is 0 Å². The maximum absolute atomic E-state index is 12.7. The molecule has 0 aromatic rings. The fourth-order valence-electron chi connectivity index (χ4n) is 9.37. The molecule has 0 spiro atoms. The van der Waals surface area contributed by atoms with E-state index in [4.69, 9.17) is 0 Å². The Morgan fingerprint density at radius 1 is 1.09 bits per heavy atom. The predicted molar refractivity (Wildman–Crippen MR) is 135 cm³/mol. The molecule has 3 saturated carbocycles. The molecule has 2 N–H and O–H groups in total. The Labute approximate surface area is 202 Å². The van der Waals surface area contributed by atoms with E-state index < -0.39 is 5.97 Å². The first-order chi connectivity index (χ1) is 15.3. The molecule has 0 amide bonds. The molecule has 33 heavy (non-hydrogen) atoms. The maximum atomic E-state index is 12.7. The molecule has 186 valence electrons. The minimum Gasteiger partial charge on any atom is -0.481 e. The number of allylic oxidation sites excluding steroid dienone is 3. The molecule has 0 saturated heterocycles. The molecule has 4 rings (SSSR count). The Hall–Kier alpha value is -1.09. The molecule has 0 aromatic carbocycles. The molecule has 8 atom stereocenters. The summed E-state index contributed by atoms with van der Waals surface area (Å²) in [5.41, 5.74) is 4.25. The van der Waals surface area contributed by atoms with E-state index in [2.05, 4.69) is 54.5 Å². The Balaban J connectivity index is 1.71.